The van der Waals surface area contributed by atoms with Gasteiger partial charge in [0, 0.05) is 0 Å². The number of aromatic carboxylic acids is 1. The van der Waals surface area contributed by atoms with Crippen LogP contribution < -0.4 is 4.72 Å². The summed E-state index contributed by atoms with van der Waals surface area (Å²) in [5.74, 6) is -4.53. The van der Waals surface area contributed by atoms with Gasteiger partial charge in [0.2, 0.25) is 0 Å². The lowest BCUT2D eigenvalue weighted by molar-refractivity contribution is 0.0686. The number of carbonyl (C=O) groups is 1. The van der Waals surface area contributed by atoms with Gasteiger partial charge in [0.05, 0.1) is 11.1 Å². The van der Waals surface area contributed by atoms with E-state index in [1.54, 1.807) is 30.3 Å². The smallest absolute Gasteiger partial charge is 0.341 e. The summed E-state index contributed by atoms with van der Waals surface area (Å²) >= 11 is 0. The fourth-order valence-electron chi connectivity index (χ4n) is 1.77. The van der Waals surface area contributed by atoms with Crippen molar-refractivity contribution in [3.8, 4) is 0 Å². The molecule has 2 aromatic rings. The SMILES string of the molecule is O=C(O)c1c(F)cc(NS(=O)(=O)/C=C/c2ccccc2)cc1F. The van der Waals surface area contributed by atoms with Gasteiger partial charge in [0.1, 0.15) is 17.2 Å². The Bertz CT molecular complexity index is 841. The number of nitrogens with one attached hydrogen (secondary N) is 1. The molecule has 0 radical (unpaired) electrons. The lowest BCUT2D eigenvalue weighted by Crippen LogP contribution is -2.11. The second-order valence-corrected chi connectivity index (χ2v) is 6.05. The maximum absolute atomic E-state index is 13.5. The average Bonchev–Trinajstić information content (AvgIpc) is 2.44. The second kappa shape index (κ2) is 6.57. The van der Waals surface area contributed by atoms with Gasteiger partial charge < -0.3 is 5.11 Å². The highest BCUT2D eigenvalue weighted by molar-refractivity contribution is 7.95. The van der Waals surface area contributed by atoms with E-state index in [-0.39, 0.29) is 0 Å². The lowest BCUT2D eigenvalue weighted by Gasteiger charge is -2.07. The monoisotopic (exact) mass is 339 g/mol. The van der Waals surface area contributed by atoms with Crippen molar-refractivity contribution >= 4 is 27.8 Å². The fourth-order valence-corrected chi connectivity index (χ4v) is 2.62. The van der Waals surface area contributed by atoms with Crippen molar-refractivity contribution in [1.29, 1.82) is 0 Å². The van der Waals surface area contributed by atoms with Crippen LogP contribution in [0, 0.1) is 11.6 Å². The third-order valence-electron chi connectivity index (χ3n) is 2.76. The molecule has 0 spiro atoms. The van der Waals surface area contributed by atoms with Crippen LogP contribution in [0.3, 0.4) is 0 Å². The maximum Gasteiger partial charge on any atom is 0.341 e. The van der Waals surface area contributed by atoms with Crippen LogP contribution in [0.25, 0.3) is 6.08 Å². The number of sulfonamides is 1. The molecule has 120 valence electrons. The van der Waals surface area contributed by atoms with E-state index in [2.05, 4.69) is 0 Å². The first-order valence-electron chi connectivity index (χ1n) is 6.27. The van der Waals surface area contributed by atoms with Crippen molar-refractivity contribution in [3.63, 3.8) is 0 Å². The van der Waals surface area contributed by atoms with Crippen LogP contribution in [0.1, 0.15) is 15.9 Å². The third kappa shape index (κ3) is 4.36. The Morgan fingerprint density at radius 1 is 1.09 bits per heavy atom. The zero-order valence-corrected chi connectivity index (χ0v) is 12.3. The molecule has 2 rings (SSSR count). The number of rotatable bonds is 5. The van der Waals surface area contributed by atoms with E-state index >= 15 is 0 Å². The number of carboxylic acids is 1. The molecule has 0 heterocycles. The number of anilines is 1. The van der Waals surface area contributed by atoms with Gasteiger partial charge in [-0.15, -0.1) is 0 Å². The van der Waals surface area contributed by atoms with E-state index < -0.39 is 38.9 Å². The maximum atomic E-state index is 13.5. The molecule has 0 aliphatic rings. The zero-order valence-electron chi connectivity index (χ0n) is 11.5. The minimum absolute atomic E-state index is 0.414. The molecular formula is C15H11F2NO4S. The van der Waals surface area contributed by atoms with Crippen molar-refractivity contribution in [2.24, 2.45) is 0 Å². The predicted molar refractivity (Wildman–Crippen MR) is 81.3 cm³/mol. The van der Waals surface area contributed by atoms with Gasteiger partial charge in [-0.05, 0) is 23.8 Å². The van der Waals surface area contributed by atoms with Crippen LogP contribution in [0.2, 0.25) is 0 Å². The lowest BCUT2D eigenvalue weighted by atomic mass is 10.2. The van der Waals surface area contributed by atoms with Crippen molar-refractivity contribution in [2.45, 2.75) is 0 Å². The Morgan fingerprint density at radius 2 is 1.65 bits per heavy atom. The summed E-state index contributed by atoms with van der Waals surface area (Å²) in [6.07, 6.45) is 1.31. The molecular weight excluding hydrogens is 328 g/mol. The van der Waals surface area contributed by atoms with Crippen LogP contribution in [0.4, 0.5) is 14.5 Å². The third-order valence-corrected chi connectivity index (χ3v) is 3.77. The fraction of sp³-hybridized carbons (Fsp3) is 0. The first-order chi connectivity index (χ1) is 10.8. The molecule has 0 atom stereocenters. The minimum Gasteiger partial charge on any atom is -0.477 e. The van der Waals surface area contributed by atoms with Crippen LogP contribution in [-0.2, 0) is 10.0 Å². The first-order valence-corrected chi connectivity index (χ1v) is 7.81. The Kier molecular flexibility index (Phi) is 4.75. The average molecular weight is 339 g/mol. The van der Waals surface area contributed by atoms with Gasteiger partial charge in [-0.3, -0.25) is 4.72 Å². The molecule has 8 heteroatoms. The Morgan fingerprint density at radius 3 is 2.17 bits per heavy atom. The Labute approximate surface area is 130 Å². The molecule has 0 bridgehead atoms. The molecule has 2 aromatic carbocycles. The van der Waals surface area contributed by atoms with E-state index in [4.69, 9.17) is 5.11 Å². The summed E-state index contributed by atoms with van der Waals surface area (Å²) in [7, 11) is -4.01. The summed E-state index contributed by atoms with van der Waals surface area (Å²) < 4.78 is 52.7. The van der Waals surface area contributed by atoms with Gasteiger partial charge in [0.15, 0.2) is 0 Å². The Balaban J connectivity index is 2.24. The highest BCUT2D eigenvalue weighted by atomic mass is 32.2. The van der Waals surface area contributed by atoms with Gasteiger partial charge in [-0.1, -0.05) is 30.3 Å². The molecule has 0 aliphatic carbocycles. The summed E-state index contributed by atoms with van der Waals surface area (Å²) in [6, 6.07) is 9.74. The molecule has 2 N–H and O–H groups in total. The molecule has 23 heavy (non-hydrogen) atoms. The number of hydrogen-bond donors (Lipinski definition) is 2. The molecule has 0 saturated carbocycles. The molecule has 0 aromatic heterocycles. The second-order valence-electron chi connectivity index (χ2n) is 4.48. The van der Waals surface area contributed by atoms with Gasteiger partial charge >= 0.3 is 5.97 Å². The Hall–Kier alpha value is -2.74. The summed E-state index contributed by atoms with van der Waals surface area (Å²) in [4.78, 5) is 10.7. The van der Waals surface area contributed by atoms with Crippen LogP contribution >= 0.6 is 0 Å². The van der Waals surface area contributed by atoms with E-state index in [0.29, 0.717) is 17.7 Å². The molecule has 0 saturated heterocycles. The van der Waals surface area contributed by atoms with E-state index in [1.165, 1.54) is 6.08 Å². The van der Waals surface area contributed by atoms with E-state index in [0.717, 1.165) is 5.41 Å². The van der Waals surface area contributed by atoms with E-state index in [1.807, 2.05) is 4.72 Å². The zero-order chi connectivity index (χ0) is 17.0. The number of hydrogen-bond acceptors (Lipinski definition) is 3. The molecule has 0 fully saturated rings. The molecule has 5 nitrogen and oxygen atoms in total. The van der Waals surface area contributed by atoms with Crippen molar-refractivity contribution in [2.75, 3.05) is 4.72 Å². The highest BCUT2D eigenvalue weighted by Gasteiger charge is 2.19. The normalized spacial score (nSPS) is 11.6. The van der Waals surface area contributed by atoms with Gasteiger partial charge in [-0.2, -0.15) is 0 Å². The van der Waals surface area contributed by atoms with Crippen molar-refractivity contribution in [3.05, 3.63) is 70.6 Å². The predicted octanol–water partition coefficient (Wildman–Crippen LogP) is 3.08. The molecule has 0 amide bonds. The summed E-state index contributed by atoms with van der Waals surface area (Å²) in [5.41, 5.74) is -0.938. The minimum atomic E-state index is -4.01. The number of carboxylic acid groups (broad SMARTS) is 1. The summed E-state index contributed by atoms with van der Waals surface area (Å²) in [5, 5.41) is 9.49. The first kappa shape index (κ1) is 16.6. The quantitative estimate of drug-likeness (QED) is 0.877. The molecule has 0 unspecified atom stereocenters. The van der Waals surface area contributed by atoms with Crippen molar-refractivity contribution in [1.82, 2.24) is 0 Å². The largest absolute Gasteiger partial charge is 0.477 e. The summed E-state index contributed by atoms with van der Waals surface area (Å²) in [6.45, 7) is 0. The van der Waals surface area contributed by atoms with Crippen molar-refractivity contribution < 1.29 is 27.1 Å². The number of benzene rings is 2. The van der Waals surface area contributed by atoms with E-state index in [9.17, 15) is 22.0 Å². The van der Waals surface area contributed by atoms with Crippen LogP contribution in [-0.4, -0.2) is 19.5 Å². The molecule has 0 aliphatic heterocycles. The van der Waals surface area contributed by atoms with Crippen LogP contribution in [0.5, 0.6) is 0 Å². The van der Waals surface area contributed by atoms with Crippen LogP contribution in [0.15, 0.2) is 47.9 Å². The number of halogens is 2. The topological polar surface area (TPSA) is 83.5 Å². The highest BCUT2D eigenvalue weighted by Crippen LogP contribution is 2.20. The van der Waals surface area contributed by atoms with Gasteiger partial charge in [0.25, 0.3) is 10.0 Å². The standard InChI is InChI=1S/C15H11F2NO4S/c16-12-8-11(9-13(17)14(12)15(19)20)18-23(21,22)7-6-10-4-2-1-3-5-10/h1-9,18H,(H,19,20)/b7-6+. The van der Waals surface area contributed by atoms with Gasteiger partial charge in [-0.25, -0.2) is 22.0 Å².